The minimum absolute atomic E-state index is 0.191. The minimum atomic E-state index is 0.191. The Morgan fingerprint density at radius 2 is 1.85 bits per heavy atom. The van der Waals surface area contributed by atoms with Gasteiger partial charge < -0.3 is 10.3 Å². The summed E-state index contributed by atoms with van der Waals surface area (Å²) in [4.78, 5) is 24.9. The third kappa shape index (κ3) is 4.13. The van der Waals surface area contributed by atoms with E-state index in [1.54, 1.807) is 12.4 Å². The molecule has 0 saturated heterocycles. The Labute approximate surface area is 190 Å². The first kappa shape index (κ1) is 19.4. The number of carbonyl (C=O) groups is 1. The Bertz CT molecular complexity index is 1430. The second kappa shape index (κ2) is 8.02. The highest BCUT2D eigenvalue weighted by atomic mass is 16.1. The highest BCUT2D eigenvalue weighted by Gasteiger charge is 2.25. The number of H-pyrrole nitrogens is 2. The molecule has 0 aliphatic heterocycles. The summed E-state index contributed by atoms with van der Waals surface area (Å²) in [5, 5.41) is 11.2. The van der Waals surface area contributed by atoms with Gasteiger partial charge >= 0.3 is 0 Å². The second-order valence-corrected chi connectivity index (χ2v) is 8.51. The van der Waals surface area contributed by atoms with Crippen molar-refractivity contribution in [3.63, 3.8) is 0 Å². The van der Waals surface area contributed by atoms with E-state index >= 15 is 0 Å². The van der Waals surface area contributed by atoms with Gasteiger partial charge in [-0.05, 0) is 54.7 Å². The summed E-state index contributed by atoms with van der Waals surface area (Å²) in [5.74, 6) is 2.10. The first-order chi connectivity index (χ1) is 16.2. The molecule has 3 N–H and O–H groups in total. The Hall–Kier alpha value is -4.26. The van der Waals surface area contributed by atoms with Crippen LogP contribution in [-0.2, 0) is 0 Å². The number of carbonyl (C=O) groups excluding carboxylic acids is 1. The Balaban J connectivity index is 1.22. The largest absolute Gasteiger partial charge is 0.352 e. The van der Waals surface area contributed by atoms with Crippen LogP contribution in [0, 0.1) is 5.92 Å². The van der Waals surface area contributed by atoms with Gasteiger partial charge in [-0.3, -0.25) is 9.89 Å². The molecule has 33 heavy (non-hydrogen) atoms. The lowest BCUT2D eigenvalue weighted by Gasteiger charge is -2.08. The van der Waals surface area contributed by atoms with Gasteiger partial charge in [0.1, 0.15) is 5.82 Å². The highest BCUT2D eigenvalue weighted by molar-refractivity contribution is 6.00. The van der Waals surface area contributed by atoms with Crippen LogP contribution in [0.15, 0.2) is 73.2 Å². The van der Waals surface area contributed by atoms with Gasteiger partial charge in [0, 0.05) is 46.5 Å². The predicted molar refractivity (Wildman–Crippen MR) is 128 cm³/mol. The summed E-state index contributed by atoms with van der Waals surface area (Å²) in [5.41, 5.74) is 5.57. The average molecular weight is 435 g/mol. The van der Waals surface area contributed by atoms with Crippen LogP contribution in [-0.4, -0.2) is 30.9 Å². The van der Waals surface area contributed by atoms with Crippen LogP contribution in [0.2, 0.25) is 0 Å². The standard InChI is InChI=1S/C26H22N6O/c33-24(11-16-1-2-16)23-12-18-3-4-19(13-22(18)31-23)26-27-10-9-25(32-26)30-21-7-5-17(6-8-21)20-14-28-29-15-20/h3-10,12-16,31H,1-2,11H2,(H,28,29)(H,27,30,32). The molecule has 5 aromatic rings. The van der Waals surface area contributed by atoms with Crippen LogP contribution in [0.3, 0.4) is 0 Å². The monoisotopic (exact) mass is 434 g/mol. The Morgan fingerprint density at radius 1 is 1.00 bits per heavy atom. The second-order valence-electron chi connectivity index (χ2n) is 8.51. The smallest absolute Gasteiger partial charge is 0.179 e. The lowest BCUT2D eigenvalue weighted by molar-refractivity contribution is 0.0972. The molecule has 3 aromatic heterocycles. The van der Waals surface area contributed by atoms with Crippen molar-refractivity contribution in [2.75, 3.05) is 5.32 Å². The number of hydrogen-bond donors (Lipinski definition) is 3. The van der Waals surface area contributed by atoms with E-state index in [-0.39, 0.29) is 5.78 Å². The number of Topliss-reactive ketones (excluding diaryl/α,β-unsaturated/α-hetero) is 1. The summed E-state index contributed by atoms with van der Waals surface area (Å²) in [6.45, 7) is 0. The van der Waals surface area contributed by atoms with Crippen molar-refractivity contribution in [2.24, 2.45) is 5.92 Å². The SMILES string of the molecule is O=C(CC1CC1)c1cc2ccc(-c3nccc(Nc4ccc(-c5cn[nH]c5)cc4)n3)cc2[nH]1. The number of hydrogen-bond acceptors (Lipinski definition) is 5. The van der Waals surface area contributed by atoms with E-state index < -0.39 is 0 Å². The van der Waals surface area contributed by atoms with Crippen LogP contribution in [0.5, 0.6) is 0 Å². The van der Waals surface area contributed by atoms with Gasteiger partial charge in [0.15, 0.2) is 11.6 Å². The fourth-order valence-corrected chi connectivity index (χ4v) is 3.98. The molecule has 1 aliphatic rings. The molecule has 0 unspecified atom stereocenters. The van der Waals surface area contributed by atoms with Crippen molar-refractivity contribution in [2.45, 2.75) is 19.3 Å². The predicted octanol–water partition coefficient (Wildman–Crippen LogP) is 5.74. The Morgan fingerprint density at radius 3 is 2.64 bits per heavy atom. The topological polar surface area (TPSA) is 99.3 Å². The van der Waals surface area contributed by atoms with Crippen molar-refractivity contribution in [1.29, 1.82) is 0 Å². The maximum Gasteiger partial charge on any atom is 0.179 e. The molecule has 7 heteroatoms. The summed E-state index contributed by atoms with van der Waals surface area (Å²) >= 11 is 0. The van der Waals surface area contributed by atoms with Gasteiger partial charge in [0.25, 0.3) is 0 Å². The molecule has 2 aromatic carbocycles. The van der Waals surface area contributed by atoms with E-state index in [4.69, 9.17) is 0 Å². The molecule has 162 valence electrons. The van der Waals surface area contributed by atoms with Crippen molar-refractivity contribution in [1.82, 2.24) is 25.1 Å². The van der Waals surface area contributed by atoms with Crippen molar-refractivity contribution in [3.05, 3.63) is 78.9 Å². The quantitative estimate of drug-likeness (QED) is 0.284. The molecule has 6 rings (SSSR count). The number of nitrogens with one attached hydrogen (secondary N) is 3. The molecule has 1 aliphatic carbocycles. The van der Waals surface area contributed by atoms with Crippen molar-refractivity contribution >= 4 is 28.2 Å². The fourth-order valence-electron chi connectivity index (χ4n) is 3.98. The zero-order valence-corrected chi connectivity index (χ0v) is 17.9. The molecule has 1 saturated carbocycles. The van der Waals surface area contributed by atoms with Gasteiger partial charge in [0.2, 0.25) is 0 Å². The molecular weight excluding hydrogens is 412 g/mol. The number of anilines is 2. The molecule has 3 heterocycles. The number of rotatable bonds is 7. The summed E-state index contributed by atoms with van der Waals surface area (Å²) in [6.07, 6.45) is 8.39. The maximum atomic E-state index is 12.5. The minimum Gasteiger partial charge on any atom is -0.352 e. The number of fused-ring (bicyclic) bond motifs is 1. The van der Waals surface area contributed by atoms with Crippen LogP contribution >= 0.6 is 0 Å². The van der Waals surface area contributed by atoms with Crippen LogP contribution in [0.25, 0.3) is 33.4 Å². The van der Waals surface area contributed by atoms with Crippen LogP contribution in [0.1, 0.15) is 29.8 Å². The highest BCUT2D eigenvalue weighted by Crippen LogP contribution is 2.34. The lowest BCUT2D eigenvalue weighted by atomic mass is 10.1. The van der Waals surface area contributed by atoms with Crippen molar-refractivity contribution < 1.29 is 4.79 Å². The molecule has 0 spiro atoms. The van der Waals surface area contributed by atoms with E-state index in [9.17, 15) is 4.79 Å². The van der Waals surface area contributed by atoms with E-state index in [2.05, 4.69) is 30.5 Å². The molecule has 0 atom stereocenters. The number of benzene rings is 2. The zero-order valence-electron chi connectivity index (χ0n) is 17.9. The molecular formula is C26H22N6O. The van der Waals surface area contributed by atoms with Gasteiger partial charge in [-0.25, -0.2) is 9.97 Å². The van der Waals surface area contributed by atoms with Gasteiger partial charge in [-0.1, -0.05) is 24.3 Å². The number of ketones is 1. The van der Waals surface area contributed by atoms with E-state index in [1.807, 2.05) is 60.8 Å². The number of aromatic nitrogens is 5. The van der Waals surface area contributed by atoms with E-state index in [0.29, 0.717) is 29.7 Å². The zero-order chi connectivity index (χ0) is 22.2. The molecule has 7 nitrogen and oxygen atoms in total. The van der Waals surface area contributed by atoms with Gasteiger partial charge in [-0.2, -0.15) is 5.10 Å². The Kier molecular flexibility index (Phi) is 4.72. The summed E-state index contributed by atoms with van der Waals surface area (Å²) in [7, 11) is 0. The van der Waals surface area contributed by atoms with Gasteiger partial charge in [0.05, 0.1) is 11.9 Å². The fraction of sp³-hybridized carbons (Fsp3) is 0.154. The normalized spacial score (nSPS) is 13.3. The number of aromatic amines is 2. The lowest BCUT2D eigenvalue weighted by Crippen LogP contribution is -1.99. The summed E-state index contributed by atoms with van der Waals surface area (Å²) in [6, 6.07) is 17.9. The molecule has 0 radical (unpaired) electrons. The molecule has 0 amide bonds. The maximum absolute atomic E-state index is 12.5. The average Bonchev–Trinajstić information content (AvgIpc) is 3.32. The summed E-state index contributed by atoms with van der Waals surface area (Å²) < 4.78 is 0. The third-order valence-corrected chi connectivity index (χ3v) is 6.00. The van der Waals surface area contributed by atoms with E-state index in [0.717, 1.165) is 33.3 Å². The van der Waals surface area contributed by atoms with Crippen LogP contribution < -0.4 is 5.32 Å². The molecule has 1 fully saturated rings. The van der Waals surface area contributed by atoms with Crippen LogP contribution in [0.4, 0.5) is 11.5 Å². The first-order valence-corrected chi connectivity index (χ1v) is 11.1. The molecule has 0 bridgehead atoms. The first-order valence-electron chi connectivity index (χ1n) is 11.1. The third-order valence-electron chi connectivity index (χ3n) is 6.00. The van der Waals surface area contributed by atoms with Gasteiger partial charge in [-0.15, -0.1) is 0 Å². The van der Waals surface area contributed by atoms with Crippen molar-refractivity contribution in [3.8, 4) is 22.5 Å². The number of nitrogens with zero attached hydrogens (tertiary/aromatic N) is 3. The van der Waals surface area contributed by atoms with E-state index in [1.165, 1.54) is 12.8 Å².